The molecule has 2 aromatic rings. The number of halogens is 1. The first kappa shape index (κ1) is 21.4. The van der Waals surface area contributed by atoms with Crippen molar-refractivity contribution in [3.63, 3.8) is 0 Å². The molecular formula is C17H24IN5OS. The average molecular weight is 473 g/mol. The molecule has 0 bridgehead atoms. The second-order valence-corrected chi connectivity index (χ2v) is 6.61. The van der Waals surface area contributed by atoms with Crippen molar-refractivity contribution < 1.29 is 4.79 Å². The summed E-state index contributed by atoms with van der Waals surface area (Å²) in [6.07, 6.45) is 1.87. The largest absolute Gasteiger partial charge is 0.357 e. The summed E-state index contributed by atoms with van der Waals surface area (Å²) in [6.45, 7) is 7.54. The number of carbonyl (C=O) groups is 1. The van der Waals surface area contributed by atoms with E-state index >= 15 is 0 Å². The van der Waals surface area contributed by atoms with Crippen LogP contribution in [0.25, 0.3) is 0 Å². The molecule has 0 saturated heterocycles. The molecule has 0 aliphatic rings. The maximum atomic E-state index is 11.1. The Morgan fingerprint density at radius 2 is 2.12 bits per heavy atom. The third-order valence-electron chi connectivity index (χ3n) is 3.09. The average Bonchev–Trinajstić information content (AvgIpc) is 2.95. The number of rotatable bonds is 6. The van der Waals surface area contributed by atoms with Gasteiger partial charge in [0.15, 0.2) is 5.96 Å². The first-order valence-corrected chi connectivity index (χ1v) is 8.68. The van der Waals surface area contributed by atoms with Crippen LogP contribution in [0.2, 0.25) is 0 Å². The molecular weight excluding hydrogens is 449 g/mol. The van der Waals surface area contributed by atoms with Crippen LogP contribution < -0.4 is 16.0 Å². The van der Waals surface area contributed by atoms with Crippen molar-refractivity contribution >= 4 is 52.9 Å². The molecule has 0 spiro atoms. The lowest BCUT2D eigenvalue weighted by Gasteiger charge is -2.10. The van der Waals surface area contributed by atoms with E-state index in [0.717, 1.165) is 28.8 Å². The van der Waals surface area contributed by atoms with E-state index in [4.69, 9.17) is 0 Å². The lowest BCUT2D eigenvalue weighted by atomic mass is 10.2. The quantitative estimate of drug-likeness (QED) is 0.342. The monoisotopic (exact) mass is 473 g/mol. The van der Waals surface area contributed by atoms with E-state index in [1.54, 1.807) is 11.3 Å². The number of benzene rings is 1. The van der Waals surface area contributed by atoms with Crippen LogP contribution in [0.5, 0.6) is 0 Å². The molecule has 0 aliphatic heterocycles. The summed E-state index contributed by atoms with van der Waals surface area (Å²) in [4.78, 5) is 21.3. The summed E-state index contributed by atoms with van der Waals surface area (Å²) in [5.74, 6) is 0.666. The van der Waals surface area contributed by atoms with Crippen LogP contribution in [0.1, 0.15) is 29.3 Å². The second-order valence-electron chi connectivity index (χ2n) is 5.29. The highest BCUT2D eigenvalue weighted by atomic mass is 127. The summed E-state index contributed by atoms with van der Waals surface area (Å²) in [5, 5.41) is 10.3. The highest BCUT2D eigenvalue weighted by Gasteiger charge is 2.02. The number of thiazole rings is 1. The molecule has 0 saturated carbocycles. The number of hydrogen-bond acceptors (Lipinski definition) is 4. The number of carbonyl (C=O) groups excluding carboxylic acids is 1. The van der Waals surface area contributed by atoms with Crippen LogP contribution in [0.3, 0.4) is 0 Å². The Labute approximate surface area is 169 Å². The van der Waals surface area contributed by atoms with Crippen molar-refractivity contribution in [2.45, 2.75) is 33.9 Å². The molecule has 1 aromatic carbocycles. The number of aryl methyl sites for hydroxylation is 1. The van der Waals surface area contributed by atoms with Crippen molar-refractivity contribution in [2.75, 3.05) is 11.9 Å². The molecule has 0 aliphatic carbocycles. The van der Waals surface area contributed by atoms with Crippen molar-refractivity contribution in [1.82, 2.24) is 15.6 Å². The number of nitrogens with one attached hydrogen (secondary N) is 3. The van der Waals surface area contributed by atoms with Gasteiger partial charge in [-0.15, -0.1) is 35.3 Å². The zero-order valence-electron chi connectivity index (χ0n) is 14.6. The predicted octanol–water partition coefficient (Wildman–Crippen LogP) is 3.28. The van der Waals surface area contributed by atoms with Crippen molar-refractivity contribution in [3.05, 3.63) is 45.9 Å². The van der Waals surface area contributed by atoms with Gasteiger partial charge in [0.25, 0.3) is 0 Å². The van der Waals surface area contributed by atoms with Gasteiger partial charge in [-0.05, 0) is 31.5 Å². The molecule has 136 valence electrons. The Morgan fingerprint density at radius 3 is 2.76 bits per heavy atom. The first-order chi connectivity index (χ1) is 11.6. The van der Waals surface area contributed by atoms with Crippen LogP contribution in [0.15, 0.2) is 35.5 Å². The second kappa shape index (κ2) is 11.0. The van der Waals surface area contributed by atoms with Crippen molar-refractivity contribution in [2.24, 2.45) is 4.99 Å². The Hall–Kier alpha value is -1.68. The minimum absolute atomic E-state index is 0. The molecule has 0 unspecified atom stereocenters. The Balaban J connectivity index is 0.00000312. The van der Waals surface area contributed by atoms with Gasteiger partial charge >= 0.3 is 0 Å². The molecule has 2 rings (SSSR count). The van der Waals surface area contributed by atoms with Gasteiger partial charge in [0.2, 0.25) is 5.91 Å². The third kappa shape index (κ3) is 7.82. The molecule has 0 fully saturated rings. The normalized spacial score (nSPS) is 10.8. The number of guanidine groups is 1. The number of amides is 1. The SMILES string of the molecule is CCNC(=NCc1cccc(NC(C)=O)c1)NCc1ncc(C)s1.I. The maximum Gasteiger partial charge on any atom is 0.221 e. The number of aromatic nitrogens is 1. The predicted molar refractivity (Wildman–Crippen MR) is 115 cm³/mol. The molecule has 8 heteroatoms. The van der Waals surface area contributed by atoms with Crippen LogP contribution in [0, 0.1) is 6.92 Å². The van der Waals surface area contributed by atoms with Crippen LogP contribution in [-0.4, -0.2) is 23.4 Å². The standard InChI is InChI=1S/C17H23N5OS.HI/c1-4-18-17(21-11-16-19-9-12(2)24-16)20-10-14-6-5-7-15(8-14)22-13(3)23;/h5-9H,4,10-11H2,1-3H3,(H,22,23)(H2,18,20,21);1H. The minimum Gasteiger partial charge on any atom is -0.357 e. The van der Waals surface area contributed by atoms with Crippen LogP contribution in [-0.2, 0) is 17.9 Å². The van der Waals surface area contributed by atoms with E-state index in [2.05, 4.69) is 25.9 Å². The summed E-state index contributed by atoms with van der Waals surface area (Å²) >= 11 is 1.67. The zero-order chi connectivity index (χ0) is 17.4. The Morgan fingerprint density at radius 1 is 1.32 bits per heavy atom. The van der Waals surface area contributed by atoms with E-state index < -0.39 is 0 Å². The van der Waals surface area contributed by atoms with Gasteiger partial charge in [0.05, 0.1) is 13.1 Å². The Bertz CT molecular complexity index is 717. The zero-order valence-corrected chi connectivity index (χ0v) is 17.8. The van der Waals surface area contributed by atoms with Gasteiger partial charge in [-0.3, -0.25) is 4.79 Å². The lowest BCUT2D eigenvalue weighted by Crippen LogP contribution is -2.36. The van der Waals surface area contributed by atoms with Crippen LogP contribution in [0.4, 0.5) is 5.69 Å². The highest BCUT2D eigenvalue weighted by molar-refractivity contribution is 14.0. The fourth-order valence-electron chi connectivity index (χ4n) is 2.11. The van der Waals surface area contributed by atoms with Crippen LogP contribution >= 0.6 is 35.3 Å². The van der Waals surface area contributed by atoms with Gasteiger partial charge in [-0.25, -0.2) is 9.98 Å². The number of aliphatic imine (C=N–C) groups is 1. The van der Waals surface area contributed by atoms with Crippen molar-refractivity contribution in [3.8, 4) is 0 Å². The van der Waals surface area contributed by atoms with Crippen molar-refractivity contribution in [1.29, 1.82) is 0 Å². The van der Waals surface area contributed by atoms with E-state index in [1.165, 1.54) is 11.8 Å². The fourth-order valence-corrected chi connectivity index (χ4v) is 2.83. The molecule has 6 nitrogen and oxygen atoms in total. The maximum absolute atomic E-state index is 11.1. The third-order valence-corrected chi connectivity index (χ3v) is 4.00. The Kier molecular flexibility index (Phi) is 9.43. The fraction of sp³-hybridized carbons (Fsp3) is 0.353. The first-order valence-electron chi connectivity index (χ1n) is 7.87. The highest BCUT2D eigenvalue weighted by Crippen LogP contribution is 2.12. The molecule has 1 amide bonds. The van der Waals surface area contributed by atoms with Gasteiger partial charge in [-0.1, -0.05) is 12.1 Å². The molecule has 0 atom stereocenters. The molecule has 3 N–H and O–H groups in total. The van der Waals surface area contributed by atoms with E-state index in [9.17, 15) is 4.79 Å². The number of nitrogens with zero attached hydrogens (tertiary/aromatic N) is 2. The smallest absolute Gasteiger partial charge is 0.221 e. The van der Waals surface area contributed by atoms with E-state index in [0.29, 0.717) is 13.1 Å². The summed E-state index contributed by atoms with van der Waals surface area (Å²) in [5.41, 5.74) is 1.81. The number of hydrogen-bond donors (Lipinski definition) is 3. The van der Waals surface area contributed by atoms with E-state index in [1.807, 2.05) is 44.3 Å². The summed E-state index contributed by atoms with van der Waals surface area (Å²) in [7, 11) is 0. The molecule has 1 heterocycles. The molecule has 1 aromatic heterocycles. The van der Waals surface area contributed by atoms with Gasteiger partial charge < -0.3 is 16.0 Å². The van der Waals surface area contributed by atoms with E-state index in [-0.39, 0.29) is 29.9 Å². The summed E-state index contributed by atoms with van der Waals surface area (Å²) < 4.78 is 0. The van der Waals surface area contributed by atoms with Gasteiger partial charge in [-0.2, -0.15) is 0 Å². The summed E-state index contributed by atoms with van der Waals surface area (Å²) in [6, 6.07) is 7.69. The number of anilines is 1. The molecule has 0 radical (unpaired) electrons. The lowest BCUT2D eigenvalue weighted by molar-refractivity contribution is -0.114. The van der Waals surface area contributed by atoms with Gasteiger partial charge in [0.1, 0.15) is 5.01 Å². The molecule has 25 heavy (non-hydrogen) atoms. The topological polar surface area (TPSA) is 78.4 Å². The minimum atomic E-state index is -0.0793. The van der Waals surface area contributed by atoms with Gasteiger partial charge in [0, 0.05) is 30.2 Å².